The highest BCUT2D eigenvalue weighted by Crippen LogP contribution is 2.26. The zero-order valence-corrected chi connectivity index (χ0v) is 13.3. The third-order valence-electron chi connectivity index (χ3n) is 2.55. The molecular formula is C13H12Br2N2O2. The largest absolute Gasteiger partial charge is 0.464 e. The first-order valence-electron chi connectivity index (χ1n) is 5.55. The van der Waals surface area contributed by atoms with E-state index in [-0.39, 0.29) is 5.97 Å². The van der Waals surface area contributed by atoms with Gasteiger partial charge in [0.1, 0.15) is 5.69 Å². The van der Waals surface area contributed by atoms with Crippen LogP contribution < -0.4 is 5.32 Å². The van der Waals surface area contributed by atoms with E-state index in [4.69, 9.17) is 0 Å². The summed E-state index contributed by atoms with van der Waals surface area (Å²) in [5.41, 5.74) is 2.35. The van der Waals surface area contributed by atoms with Gasteiger partial charge in [-0.25, -0.2) is 4.79 Å². The molecule has 0 saturated carbocycles. The first kappa shape index (κ1) is 14.1. The number of esters is 1. The smallest absolute Gasteiger partial charge is 0.354 e. The van der Waals surface area contributed by atoms with Gasteiger partial charge in [-0.3, -0.25) is 0 Å². The molecule has 0 spiro atoms. The molecule has 0 radical (unpaired) electrons. The summed E-state index contributed by atoms with van der Waals surface area (Å²) in [7, 11) is 1.36. The van der Waals surface area contributed by atoms with Crippen LogP contribution in [0, 0.1) is 0 Å². The van der Waals surface area contributed by atoms with Gasteiger partial charge in [-0.2, -0.15) is 0 Å². The van der Waals surface area contributed by atoms with Gasteiger partial charge in [0.15, 0.2) is 0 Å². The van der Waals surface area contributed by atoms with Gasteiger partial charge in [0.25, 0.3) is 0 Å². The van der Waals surface area contributed by atoms with E-state index < -0.39 is 0 Å². The lowest BCUT2D eigenvalue weighted by atomic mass is 10.3. The van der Waals surface area contributed by atoms with Crippen molar-refractivity contribution in [1.82, 2.24) is 4.98 Å². The standard InChI is InChI=1S/C13H12Br2N2O2/c1-19-13(18)12-5-3-9(17-12)7-16-11-4-2-8(14)6-10(11)15/h2-6,16-17H,7H2,1H3. The first-order valence-corrected chi connectivity index (χ1v) is 7.14. The number of hydrogen-bond donors (Lipinski definition) is 2. The molecule has 0 saturated heterocycles. The van der Waals surface area contributed by atoms with Crippen molar-refractivity contribution in [2.75, 3.05) is 12.4 Å². The van der Waals surface area contributed by atoms with Gasteiger partial charge in [-0.15, -0.1) is 0 Å². The van der Waals surface area contributed by atoms with E-state index in [2.05, 4.69) is 46.9 Å². The maximum atomic E-state index is 11.3. The van der Waals surface area contributed by atoms with Crippen LogP contribution in [0.3, 0.4) is 0 Å². The fraction of sp³-hybridized carbons (Fsp3) is 0.154. The molecular weight excluding hydrogens is 376 g/mol. The summed E-state index contributed by atoms with van der Waals surface area (Å²) >= 11 is 6.89. The molecule has 1 heterocycles. The fourth-order valence-electron chi connectivity index (χ4n) is 1.60. The number of benzene rings is 1. The van der Waals surface area contributed by atoms with E-state index >= 15 is 0 Å². The molecule has 0 fully saturated rings. The molecule has 0 aliphatic heterocycles. The SMILES string of the molecule is COC(=O)c1ccc(CNc2ccc(Br)cc2Br)[nH]1. The monoisotopic (exact) mass is 386 g/mol. The van der Waals surface area contributed by atoms with Gasteiger partial charge in [0.2, 0.25) is 0 Å². The van der Waals surface area contributed by atoms with E-state index in [1.807, 2.05) is 24.3 Å². The summed E-state index contributed by atoms with van der Waals surface area (Å²) in [6.07, 6.45) is 0. The number of carbonyl (C=O) groups is 1. The number of halogens is 2. The predicted molar refractivity (Wildman–Crippen MR) is 81.3 cm³/mol. The maximum Gasteiger partial charge on any atom is 0.354 e. The predicted octanol–water partition coefficient (Wildman–Crippen LogP) is 3.94. The van der Waals surface area contributed by atoms with Gasteiger partial charge < -0.3 is 15.0 Å². The summed E-state index contributed by atoms with van der Waals surface area (Å²) in [4.78, 5) is 14.3. The van der Waals surface area contributed by atoms with Gasteiger partial charge >= 0.3 is 5.97 Å². The van der Waals surface area contributed by atoms with E-state index in [0.717, 1.165) is 20.3 Å². The highest BCUT2D eigenvalue weighted by atomic mass is 79.9. The number of rotatable bonds is 4. The number of aromatic nitrogens is 1. The molecule has 0 aliphatic carbocycles. The number of carbonyl (C=O) groups excluding carboxylic acids is 1. The topological polar surface area (TPSA) is 54.1 Å². The number of nitrogens with one attached hydrogen (secondary N) is 2. The van der Waals surface area contributed by atoms with Crippen molar-refractivity contribution in [2.24, 2.45) is 0 Å². The molecule has 0 atom stereocenters. The van der Waals surface area contributed by atoms with Crippen LogP contribution in [0.4, 0.5) is 5.69 Å². The van der Waals surface area contributed by atoms with Crippen molar-refractivity contribution in [3.8, 4) is 0 Å². The molecule has 4 nitrogen and oxygen atoms in total. The second-order valence-corrected chi connectivity index (χ2v) is 5.64. The van der Waals surface area contributed by atoms with Gasteiger partial charge in [0, 0.05) is 20.3 Å². The normalized spacial score (nSPS) is 10.3. The van der Waals surface area contributed by atoms with Crippen LogP contribution in [-0.2, 0) is 11.3 Å². The summed E-state index contributed by atoms with van der Waals surface area (Å²) in [5.74, 6) is -0.365. The molecule has 2 rings (SSSR count). The zero-order chi connectivity index (χ0) is 13.8. The lowest BCUT2D eigenvalue weighted by molar-refractivity contribution is 0.0594. The lowest BCUT2D eigenvalue weighted by Gasteiger charge is -2.07. The Morgan fingerprint density at radius 1 is 1.32 bits per heavy atom. The van der Waals surface area contributed by atoms with E-state index in [9.17, 15) is 4.79 Å². The Bertz CT molecular complexity index is 596. The van der Waals surface area contributed by atoms with Crippen LogP contribution in [0.5, 0.6) is 0 Å². The number of anilines is 1. The highest BCUT2D eigenvalue weighted by Gasteiger charge is 2.08. The zero-order valence-electron chi connectivity index (χ0n) is 10.2. The van der Waals surface area contributed by atoms with Gasteiger partial charge in [-0.05, 0) is 46.3 Å². The summed E-state index contributed by atoms with van der Waals surface area (Å²) in [6.45, 7) is 0.594. The van der Waals surface area contributed by atoms with Gasteiger partial charge in [0.05, 0.1) is 13.7 Å². The van der Waals surface area contributed by atoms with E-state index in [1.54, 1.807) is 6.07 Å². The molecule has 19 heavy (non-hydrogen) atoms. The minimum Gasteiger partial charge on any atom is -0.464 e. The quantitative estimate of drug-likeness (QED) is 0.781. The van der Waals surface area contributed by atoms with E-state index in [1.165, 1.54) is 7.11 Å². The van der Waals surface area contributed by atoms with Crippen molar-refractivity contribution in [3.05, 3.63) is 50.7 Å². The van der Waals surface area contributed by atoms with E-state index in [0.29, 0.717) is 12.2 Å². The summed E-state index contributed by atoms with van der Waals surface area (Å²) < 4.78 is 6.63. The molecule has 2 N–H and O–H groups in total. The van der Waals surface area contributed by atoms with Crippen LogP contribution in [-0.4, -0.2) is 18.1 Å². The molecule has 0 unspecified atom stereocenters. The number of hydrogen-bond acceptors (Lipinski definition) is 3. The summed E-state index contributed by atoms with van der Waals surface area (Å²) in [5, 5.41) is 3.28. The van der Waals surface area contributed by atoms with Crippen molar-refractivity contribution in [3.63, 3.8) is 0 Å². The molecule has 1 aromatic carbocycles. The lowest BCUT2D eigenvalue weighted by Crippen LogP contribution is -2.04. The molecule has 2 aromatic rings. The number of H-pyrrole nitrogens is 1. The average Bonchev–Trinajstić information content (AvgIpc) is 2.85. The molecule has 0 amide bonds. The molecule has 0 bridgehead atoms. The summed E-state index contributed by atoms with van der Waals surface area (Å²) in [6, 6.07) is 9.46. The van der Waals surface area contributed by atoms with Crippen molar-refractivity contribution < 1.29 is 9.53 Å². The molecule has 100 valence electrons. The maximum absolute atomic E-state index is 11.3. The Labute approximate surface area is 127 Å². The van der Waals surface area contributed by atoms with Crippen molar-refractivity contribution >= 4 is 43.5 Å². The minimum atomic E-state index is -0.365. The molecule has 0 aliphatic rings. The van der Waals surface area contributed by atoms with Crippen LogP contribution in [0.2, 0.25) is 0 Å². The first-order chi connectivity index (χ1) is 9.10. The van der Waals surface area contributed by atoms with Crippen LogP contribution in [0.25, 0.3) is 0 Å². The Morgan fingerprint density at radius 2 is 2.11 bits per heavy atom. The number of methoxy groups -OCH3 is 1. The van der Waals surface area contributed by atoms with Crippen LogP contribution in [0.15, 0.2) is 39.3 Å². The Balaban J connectivity index is 2.02. The average molecular weight is 388 g/mol. The second-order valence-electron chi connectivity index (χ2n) is 3.87. The third-order valence-corrected chi connectivity index (χ3v) is 3.70. The van der Waals surface area contributed by atoms with Crippen LogP contribution in [0.1, 0.15) is 16.2 Å². The van der Waals surface area contributed by atoms with Crippen molar-refractivity contribution in [1.29, 1.82) is 0 Å². The minimum absolute atomic E-state index is 0.365. The molecule has 6 heteroatoms. The Morgan fingerprint density at radius 3 is 2.79 bits per heavy atom. The fourth-order valence-corrected chi connectivity index (χ4v) is 2.78. The number of aromatic amines is 1. The number of ether oxygens (including phenoxy) is 1. The van der Waals surface area contributed by atoms with Crippen LogP contribution >= 0.6 is 31.9 Å². The highest BCUT2D eigenvalue weighted by molar-refractivity contribution is 9.11. The third kappa shape index (κ3) is 3.61. The second kappa shape index (κ2) is 6.25. The Kier molecular flexibility index (Phi) is 4.66. The Hall–Kier alpha value is -1.27. The van der Waals surface area contributed by atoms with Gasteiger partial charge in [-0.1, -0.05) is 15.9 Å². The molecule has 1 aromatic heterocycles. The van der Waals surface area contributed by atoms with Crippen molar-refractivity contribution in [2.45, 2.75) is 6.54 Å².